The van der Waals surface area contributed by atoms with Crippen molar-refractivity contribution in [2.75, 3.05) is 0 Å². The van der Waals surface area contributed by atoms with Gasteiger partial charge in [-0.3, -0.25) is 4.79 Å². The second-order valence-corrected chi connectivity index (χ2v) is 2.22. The Balaban J connectivity index is 3.22. The van der Waals surface area contributed by atoms with E-state index in [2.05, 4.69) is 4.98 Å². The molecule has 0 saturated carbocycles. The molecule has 1 aromatic rings. The normalized spacial score (nSPS) is 9.80. The number of rotatable bonds is 1. The lowest BCUT2D eigenvalue weighted by Crippen LogP contribution is -2.13. The Morgan fingerprint density at radius 3 is 2.90 bits per heavy atom. The van der Waals surface area contributed by atoms with Crippen LogP contribution < -0.4 is 5.56 Å². The summed E-state index contributed by atoms with van der Waals surface area (Å²) in [6.45, 7) is 1.94. The molecule has 0 unspecified atom stereocenters. The summed E-state index contributed by atoms with van der Waals surface area (Å²) in [6, 6.07) is 0. The standard InChI is InChI=1S/C7H10N2O/c1-3-6-4-9(2)5-8-7(6)10/h4-5H,3H2,1-2H3. The van der Waals surface area contributed by atoms with Gasteiger partial charge in [-0.05, 0) is 6.42 Å². The van der Waals surface area contributed by atoms with Crippen molar-refractivity contribution in [3.05, 3.63) is 28.4 Å². The van der Waals surface area contributed by atoms with E-state index in [9.17, 15) is 4.79 Å². The second-order valence-electron chi connectivity index (χ2n) is 2.22. The zero-order valence-corrected chi connectivity index (χ0v) is 6.16. The van der Waals surface area contributed by atoms with Crippen LogP contribution in [0.5, 0.6) is 0 Å². The Labute approximate surface area is 59.3 Å². The van der Waals surface area contributed by atoms with Crippen LogP contribution in [-0.4, -0.2) is 9.55 Å². The quantitative estimate of drug-likeness (QED) is 0.561. The molecule has 54 valence electrons. The fourth-order valence-electron chi connectivity index (χ4n) is 0.803. The van der Waals surface area contributed by atoms with Crippen molar-refractivity contribution in [3.63, 3.8) is 0 Å². The first kappa shape index (κ1) is 6.99. The van der Waals surface area contributed by atoms with Gasteiger partial charge in [0.1, 0.15) is 0 Å². The number of hydrogen-bond acceptors (Lipinski definition) is 2. The van der Waals surface area contributed by atoms with Crippen LogP contribution in [0.1, 0.15) is 12.5 Å². The van der Waals surface area contributed by atoms with Crippen LogP contribution >= 0.6 is 0 Å². The molecule has 3 nitrogen and oxygen atoms in total. The van der Waals surface area contributed by atoms with Crippen LogP contribution in [0.2, 0.25) is 0 Å². The first-order chi connectivity index (χ1) is 4.74. The summed E-state index contributed by atoms with van der Waals surface area (Å²) in [4.78, 5) is 14.5. The smallest absolute Gasteiger partial charge is 0.275 e. The van der Waals surface area contributed by atoms with Gasteiger partial charge >= 0.3 is 0 Å². The average Bonchev–Trinajstić information content (AvgIpc) is 1.94. The Morgan fingerprint density at radius 2 is 2.40 bits per heavy atom. The highest BCUT2D eigenvalue weighted by Gasteiger charge is 1.94. The fourth-order valence-corrected chi connectivity index (χ4v) is 0.803. The molecule has 0 fully saturated rings. The average molecular weight is 138 g/mol. The fraction of sp³-hybridized carbons (Fsp3) is 0.429. The topological polar surface area (TPSA) is 34.9 Å². The lowest BCUT2D eigenvalue weighted by atomic mass is 10.3. The van der Waals surface area contributed by atoms with Crippen molar-refractivity contribution in [1.82, 2.24) is 9.55 Å². The predicted molar refractivity (Wildman–Crippen MR) is 38.9 cm³/mol. The number of aryl methyl sites for hydroxylation is 2. The number of aromatic nitrogens is 2. The maximum atomic E-state index is 10.9. The molecule has 1 heterocycles. The zero-order chi connectivity index (χ0) is 7.56. The third-order valence-corrected chi connectivity index (χ3v) is 1.37. The van der Waals surface area contributed by atoms with Crippen molar-refractivity contribution in [3.8, 4) is 0 Å². The Hall–Kier alpha value is -1.12. The SMILES string of the molecule is CCc1cn(C)cnc1=O. The van der Waals surface area contributed by atoms with Crippen LogP contribution in [-0.2, 0) is 13.5 Å². The Morgan fingerprint density at radius 1 is 1.70 bits per heavy atom. The summed E-state index contributed by atoms with van der Waals surface area (Å²) in [5.74, 6) is 0. The largest absolute Gasteiger partial charge is 0.342 e. The van der Waals surface area contributed by atoms with Crippen molar-refractivity contribution < 1.29 is 0 Å². The minimum absolute atomic E-state index is 0.111. The van der Waals surface area contributed by atoms with E-state index >= 15 is 0 Å². The monoisotopic (exact) mass is 138 g/mol. The molecule has 0 N–H and O–H groups in total. The van der Waals surface area contributed by atoms with Crippen LogP contribution in [0.25, 0.3) is 0 Å². The predicted octanol–water partition coefficient (Wildman–Crippen LogP) is 0.343. The third-order valence-electron chi connectivity index (χ3n) is 1.37. The highest BCUT2D eigenvalue weighted by molar-refractivity contribution is 5.02. The van der Waals surface area contributed by atoms with E-state index in [1.807, 2.05) is 14.0 Å². The van der Waals surface area contributed by atoms with E-state index in [1.54, 1.807) is 10.8 Å². The van der Waals surface area contributed by atoms with Crippen molar-refractivity contribution in [2.45, 2.75) is 13.3 Å². The lowest BCUT2D eigenvalue weighted by molar-refractivity contribution is 0.826. The van der Waals surface area contributed by atoms with Gasteiger partial charge in [-0.25, -0.2) is 0 Å². The first-order valence-electron chi connectivity index (χ1n) is 3.25. The van der Waals surface area contributed by atoms with E-state index in [-0.39, 0.29) is 5.56 Å². The van der Waals surface area contributed by atoms with E-state index in [4.69, 9.17) is 0 Å². The molecule has 0 atom stereocenters. The molecule has 0 amide bonds. The lowest BCUT2D eigenvalue weighted by Gasteiger charge is -1.97. The summed E-state index contributed by atoms with van der Waals surface area (Å²) in [6.07, 6.45) is 4.07. The Kier molecular flexibility index (Phi) is 1.85. The van der Waals surface area contributed by atoms with Gasteiger partial charge in [0.25, 0.3) is 5.56 Å². The molecular weight excluding hydrogens is 128 g/mol. The molecule has 0 aliphatic heterocycles. The molecule has 0 aliphatic rings. The molecule has 0 radical (unpaired) electrons. The molecule has 1 rings (SSSR count). The molecular formula is C7H10N2O. The maximum absolute atomic E-state index is 10.9. The van der Waals surface area contributed by atoms with Gasteiger partial charge in [-0.2, -0.15) is 4.98 Å². The minimum Gasteiger partial charge on any atom is -0.342 e. The molecule has 10 heavy (non-hydrogen) atoms. The van der Waals surface area contributed by atoms with Crippen LogP contribution in [0, 0.1) is 0 Å². The van der Waals surface area contributed by atoms with Crippen molar-refractivity contribution >= 4 is 0 Å². The maximum Gasteiger partial charge on any atom is 0.275 e. The van der Waals surface area contributed by atoms with E-state index in [0.29, 0.717) is 0 Å². The number of hydrogen-bond donors (Lipinski definition) is 0. The highest BCUT2D eigenvalue weighted by atomic mass is 16.1. The molecule has 3 heteroatoms. The summed E-state index contributed by atoms with van der Waals surface area (Å²) < 4.78 is 1.78. The summed E-state index contributed by atoms with van der Waals surface area (Å²) in [7, 11) is 1.85. The summed E-state index contributed by atoms with van der Waals surface area (Å²) in [5, 5.41) is 0. The highest BCUT2D eigenvalue weighted by Crippen LogP contribution is 1.87. The molecule has 0 aliphatic carbocycles. The second kappa shape index (κ2) is 2.64. The number of nitrogens with zero attached hydrogens (tertiary/aromatic N) is 2. The van der Waals surface area contributed by atoms with Crippen LogP contribution in [0.15, 0.2) is 17.3 Å². The molecule has 0 aromatic carbocycles. The van der Waals surface area contributed by atoms with Gasteiger partial charge in [0, 0.05) is 18.8 Å². The van der Waals surface area contributed by atoms with Crippen molar-refractivity contribution in [2.24, 2.45) is 7.05 Å². The van der Waals surface area contributed by atoms with Crippen LogP contribution in [0.4, 0.5) is 0 Å². The van der Waals surface area contributed by atoms with E-state index < -0.39 is 0 Å². The van der Waals surface area contributed by atoms with Crippen molar-refractivity contribution in [1.29, 1.82) is 0 Å². The first-order valence-corrected chi connectivity index (χ1v) is 3.25. The van der Waals surface area contributed by atoms with Gasteiger partial charge < -0.3 is 4.57 Å². The third kappa shape index (κ3) is 1.23. The van der Waals surface area contributed by atoms with E-state index in [0.717, 1.165) is 12.0 Å². The van der Waals surface area contributed by atoms with Crippen LogP contribution in [0.3, 0.4) is 0 Å². The molecule has 0 bridgehead atoms. The molecule has 0 spiro atoms. The zero-order valence-electron chi connectivity index (χ0n) is 6.16. The minimum atomic E-state index is -0.111. The summed E-state index contributed by atoms with van der Waals surface area (Å²) in [5.41, 5.74) is 0.658. The van der Waals surface area contributed by atoms with Gasteiger partial charge in [-0.15, -0.1) is 0 Å². The van der Waals surface area contributed by atoms with Gasteiger partial charge in [0.15, 0.2) is 0 Å². The van der Waals surface area contributed by atoms with E-state index in [1.165, 1.54) is 6.33 Å². The summed E-state index contributed by atoms with van der Waals surface area (Å²) >= 11 is 0. The Bertz CT molecular complexity index is 277. The van der Waals surface area contributed by atoms with Gasteiger partial charge in [0.2, 0.25) is 0 Å². The molecule has 1 aromatic heterocycles. The molecule has 0 saturated heterocycles. The van der Waals surface area contributed by atoms with Gasteiger partial charge in [0.05, 0.1) is 6.33 Å². The van der Waals surface area contributed by atoms with Gasteiger partial charge in [-0.1, -0.05) is 6.92 Å².